The molecule has 11 heavy (non-hydrogen) atoms. The van der Waals surface area contributed by atoms with Gasteiger partial charge in [-0.25, -0.2) is 0 Å². The van der Waals surface area contributed by atoms with Crippen LogP contribution in [-0.2, 0) is 9.59 Å². The molecule has 0 aliphatic carbocycles. The number of thioether (sulfide) groups is 1. The maximum Gasteiger partial charge on any atom is 0.286 e. The molecule has 1 heterocycles. The van der Waals surface area contributed by atoms with Crippen molar-refractivity contribution in [1.82, 2.24) is 5.32 Å². The molecular formula is C5H6ClNO3S. The first kappa shape index (κ1) is 10.4. The van der Waals surface area contributed by atoms with Crippen LogP contribution in [0.1, 0.15) is 6.92 Å². The lowest BCUT2D eigenvalue weighted by molar-refractivity contribution is -0.117. The Morgan fingerprint density at radius 2 is 2.09 bits per heavy atom. The van der Waals surface area contributed by atoms with E-state index < -0.39 is 0 Å². The van der Waals surface area contributed by atoms with Gasteiger partial charge in [-0.05, 0) is 11.6 Å². The number of rotatable bonds is 0. The molecule has 0 bridgehead atoms. The molecule has 1 saturated heterocycles. The van der Waals surface area contributed by atoms with Crippen LogP contribution in [0.15, 0.2) is 0 Å². The van der Waals surface area contributed by atoms with Gasteiger partial charge in [-0.15, -0.1) is 0 Å². The van der Waals surface area contributed by atoms with Crippen molar-refractivity contribution in [1.29, 1.82) is 0 Å². The molecular weight excluding hydrogens is 190 g/mol. The van der Waals surface area contributed by atoms with Crippen molar-refractivity contribution in [2.24, 2.45) is 0 Å². The predicted molar refractivity (Wildman–Crippen MR) is 42.5 cm³/mol. The van der Waals surface area contributed by atoms with E-state index >= 15 is 0 Å². The first-order valence-corrected chi connectivity index (χ1v) is 4.01. The van der Waals surface area contributed by atoms with Gasteiger partial charge < -0.3 is 0 Å². The lowest BCUT2D eigenvalue weighted by Gasteiger charge is -1.77. The highest BCUT2D eigenvalue weighted by atomic mass is 35.5. The molecule has 0 atom stereocenters. The Morgan fingerprint density at radius 1 is 1.64 bits per heavy atom. The summed E-state index contributed by atoms with van der Waals surface area (Å²) in [5.74, 6) is 0.105. The van der Waals surface area contributed by atoms with Crippen LogP contribution in [-0.4, -0.2) is 22.1 Å². The van der Waals surface area contributed by atoms with Gasteiger partial charge in [0.05, 0.1) is 5.75 Å². The van der Waals surface area contributed by atoms with Crippen molar-refractivity contribution in [2.45, 2.75) is 6.92 Å². The Kier molecular flexibility index (Phi) is 4.89. The van der Waals surface area contributed by atoms with Crippen LogP contribution in [0.5, 0.6) is 0 Å². The average Bonchev–Trinajstić information content (AvgIpc) is 2.13. The molecule has 0 unspecified atom stereocenters. The average molecular weight is 196 g/mol. The third-order valence-corrected chi connectivity index (χ3v) is 1.35. The quantitative estimate of drug-likeness (QED) is 0.580. The van der Waals surface area contributed by atoms with Crippen molar-refractivity contribution >= 4 is 39.8 Å². The van der Waals surface area contributed by atoms with Gasteiger partial charge in [0, 0.05) is 6.92 Å². The highest BCUT2D eigenvalue weighted by Crippen LogP contribution is 2.06. The normalized spacial score (nSPS) is 15.1. The van der Waals surface area contributed by atoms with Crippen LogP contribution in [0.4, 0.5) is 4.79 Å². The zero-order valence-electron chi connectivity index (χ0n) is 5.72. The third-order valence-electron chi connectivity index (χ3n) is 0.576. The largest absolute Gasteiger partial charge is 0.286 e. The Labute approximate surface area is 72.7 Å². The second-order valence-corrected chi connectivity index (χ2v) is 3.07. The molecule has 1 aliphatic heterocycles. The lowest BCUT2D eigenvalue weighted by atomic mass is 10.7. The Bertz CT molecular complexity index is 176. The van der Waals surface area contributed by atoms with Crippen LogP contribution in [0.3, 0.4) is 0 Å². The smallest absolute Gasteiger partial charge is 0.286 e. The SMILES string of the molecule is CC(=O)Cl.O=C1CSC(=O)N1. The van der Waals surface area contributed by atoms with Crippen molar-refractivity contribution in [2.75, 3.05) is 5.75 Å². The molecule has 2 amide bonds. The summed E-state index contributed by atoms with van der Waals surface area (Å²) in [7, 11) is 0. The fourth-order valence-corrected chi connectivity index (χ4v) is 0.837. The van der Waals surface area contributed by atoms with E-state index in [1.807, 2.05) is 0 Å². The summed E-state index contributed by atoms with van der Waals surface area (Å²) in [6, 6.07) is 0. The zero-order chi connectivity index (χ0) is 8.85. The fraction of sp³-hybridized carbons (Fsp3) is 0.400. The number of amides is 2. The Balaban J connectivity index is 0.000000218. The first-order chi connectivity index (χ1) is 5.02. The number of imide groups is 1. The van der Waals surface area contributed by atoms with Gasteiger partial charge in [-0.1, -0.05) is 11.8 Å². The monoisotopic (exact) mass is 195 g/mol. The molecule has 62 valence electrons. The number of hydrogen-bond acceptors (Lipinski definition) is 4. The van der Waals surface area contributed by atoms with Crippen molar-refractivity contribution in [3.8, 4) is 0 Å². The van der Waals surface area contributed by atoms with Crippen molar-refractivity contribution < 1.29 is 14.4 Å². The molecule has 0 radical (unpaired) electrons. The van der Waals surface area contributed by atoms with Crippen LogP contribution in [0, 0.1) is 0 Å². The van der Waals surface area contributed by atoms with Crippen LogP contribution < -0.4 is 5.32 Å². The van der Waals surface area contributed by atoms with E-state index in [1.165, 1.54) is 6.92 Å². The predicted octanol–water partition coefficient (Wildman–Crippen LogP) is 0.741. The molecule has 1 aliphatic rings. The fourth-order valence-electron chi connectivity index (χ4n) is 0.317. The summed E-state index contributed by atoms with van der Waals surface area (Å²) in [5, 5.41) is 1.51. The number of carbonyl (C=O) groups excluding carboxylic acids is 3. The third kappa shape index (κ3) is 7.35. The van der Waals surface area contributed by atoms with E-state index in [0.29, 0.717) is 5.75 Å². The molecule has 0 aromatic heterocycles. The summed E-state index contributed by atoms with van der Waals surface area (Å²) >= 11 is 5.64. The number of nitrogens with one attached hydrogen (secondary N) is 1. The Hall–Kier alpha value is -0.550. The second kappa shape index (κ2) is 5.15. The highest BCUT2D eigenvalue weighted by molar-refractivity contribution is 8.14. The molecule has 6 heteroatoms. The van der Waals surface area contributed by atoms with Gasteiger partial charge in [0.2, 0.25) is 11.1 Å². The zero-order valence-corrected chi connectivity index (χ0v) is 7.29. The topological polar surface area (TPSA) is 63.2 Å². The molecule has 0 aromatic carbocycles. The number of halogens is 1. The summed E-state index contributed by atoms with van der Waals surface area (Å²) in [5.41, 5.74) is 0. The van der Waals surface area contributed by atoms with E-state index in [9.17, 15) is 14.4 Å². The van der Waals surface area contributed by atoms with Gasteiger partial charge in [-0.2, -0.15) is 0 Å². The Morgan fingerprint density at radius 3 is 2.18 bits per heavy atom. The van der Waals surface area contributed by atoms with E-state index in [-0.39, 0.29) is 16.4 Å². The van der Waals surface area contributed by atoms with Gasteiger partial charge >= 0.3 is 0 Å². The summed E-state index contributed by atoms with van der Waals surface area (Å²) in [4.78, 5) is 29.4. The maximum atomic E-state index is 10.1. The summed E-state index contributed by atoms with van der Waals surface area (Å²) in [6.45, 7) is 1.29. The first-order valence-electron chi connectivity index (χ1n) is 2.65. The van der Waals surface area contributed by atoms with Crippen LogP contribution in [0.2, 0.25) is 0 Å². The summed E-state index contributed by atoms with van der Waals surface area (Å²) in [6.07, 6.45) is 0. The number of carbonyl (C=O) groups is 3. The summed E-state index contributed by atoms with van der Waals surface area (Å²) < 4.78 is 0. The van der Waals surface area contributed by atoms with E-state index in [1.54, 1.807) is 0 Å². The molecule has 4 nitrogen and oxygen atoms in total. The minimum atomic E-state index is -0.361. The van der Waals surface area contributed by atoms with Crippen LogP contribution in [0.25, 0.3) is 0 Å². The van der Waals surface area contributed by atoms with E-state index in [0.717, 1.165) is 11.8 Å². The van der Waals surface area contributed by atoms with Gasteiger partial charge in [-0.3, -0.25) is 19.7 Å². The van der Waals surface area contributed by atoms with Gasteiger partial charge in [0.15, 0.2) is 0 Å². The molecule has 0 aromatic rings. The van der Waals surface area contributed by atoms with Crippen molar-refractivity contribution in [3.05, 3.63) is 0 Å². The molecule has 1 N–H and O–H groups in total. The van der Waals surface area contributed by atoms with Crippen molar-refractivity contribution in [3.63, 3.8) is 0 Å². The number of hydrogen-bond donors (Lipinski definition) is 1. The lowest BCUT2D eigenvalue weighted by Crippen LogP contribution is -2.18. The molecule has 1 rings (SSSR count). The molecule has 1 fully saturated rings. The second-order valence-electron chi connectivity index (χ2n) is 1.59. The minimum Gasteiger partial charge on any atom is -0.286 e. The van der Waals surface area contributed by atoms with E-state index in [4.69, 9.17) is 0 Å². The van der Waals surface area contributed by atoms with Gasteiger partial charge in [0.25, 0.3) is 5.24 Å². The van der Waals surface area contributed by atoms with Gasteiger partial charge in [0.1, 0.15) is 0 Å². The molecule has 0 spiro atoms. The van der Waals surface area contributed by atoms with Crippen LogP contribution >= 0.6 is 23.4 Å². The molecule has 0 saturated carbocycles. The maximum absolute atomic E-state index is 10.1. The standard InChI is InChI=1S/C3H3NO2S.C2H3ClO/c5-2-1-7-3(6)4-2;1-2(3)4/h1H2,(H,4,5,6);1H3. The highest BCUT2D eigenvalue weighted by Gasteiger charge is 2.16. The minimum absolute atomic E-state index is 0.185. The van der Waals surface area contributed by atoms with E-state index in [2.05, 4.69) is 16.9 Å².